The van der Waals surface area contributed by atoms with Gasteiger partial charge >= 0.3 is 0 Å². The van der Waals surface area contributed by atoms with Crippen molar-refractivity contribution in [3.63, 3.8) is 0 Å². The van der Waals surface area contributed by atoms with Crippen molar-refractivity contribution in [2.75, 3.05) is 7.11 Å². The maximum atomic E-state index is 12.1. The first-order valence-electron chi connectivity index (χ1n) is 5.56. The van der Waals surface area contributed by atoms with Crippen LogP contribution in [0.1, 0.15) is 15.9 Å². The molecule has 0 bridgehead atoms. The van der Waals surface area contributed by atoms with E-state index in [9.17, 15) is 4.79 Å². The minimum Gasteiger partial charge on any atom is -0.495 e. The lowest BCUT2D eigenvalue weighted by Crippen LogP contribution is -2.04. The van der Waals surface area contributed by atoms with Gasteiger partial charge in [-0.1, -0.05) is 29.3 Å². The van der Waals surface area contributed by atoms with Crippen molar-refractivity contribution in [1.82, 2.24) is 4.98 Å². The number of nitrogens with zero attached hydrogens (tertiary/aromatic N) is 1. The molecular weight excluding hydrogens is 285 g/mol. The summed E-state index contributed by atoms with van der Waals surface area (Å²) in [5.74, 6) is 0.504. The minimum atomic E-state index is -0.0511. The van der Waals surface area contributed by atoms with Crippen LogP contribution in [0.5, 0.6) is 5.75 Å². The van der Waals surface area contributed by atoms with E-state index in [1.165, 1.54) is 13.3 Å². The third-order valence-corrected chi connectivity index (χ3v) is 3.36. The van der Waals surface area contributed by atoms with Crippen molar-refractivity contribution in [3.05, 3.63) is 57.8 Å². The number of methoxy groups -OCH3 is 1. The summed E-state index contributed by atoms with van der Waals surface area (Å²) in [6.45, 7) is 0. The SMILES string of the molecule is COc1cncc(C(=O)Cc2ccc(Cl)c(Cl)c2)c1. The van der Waals surface area contributed by atoms with Crippen molar-refractivity contribution in [2.45, 2.75) is 6.42 Å². The van der Waals surface area contributed by atoms with Gasteiger partial charge in [-0.25, -0.2) is 0 Å². The highest BCUT2D eigenvalue weighted by molar-refractivity contribution is 6.42. The molecule has 0 aliphatic carbocycles. The van der Waals surface area contributed by atoms with Crippen LogP contribution in [0.3, 0.4) is 0 Å². The van der Waals surface area contributed by atoms with E-state index in [-0.39, 0.29) is 12.2 Å². The van der Waals surface area contributed by atoms with Crippen molar-refractivity contribution in [1.29, 1.82) is 0 Å². The number of ether oxygens (including phenoxy) is 1. The van der Waals surface area contributed by atoms with E-state index >= 15 is 0 Å². The van der Waals surface area contributed by atoms with Crippen LogP contribution < -0.4 is 4.74 Å². The summed E-state index contributed by atoms with van der Waals surface area (Å²) in [5.41, 5.74) is 1.31. The highest BCUT2D eigenvalue weighted by Crippen LogP contribution is 2.23. The molecule has 1 aromatic heterocycles. The smallest absolute Gasteiger partial charge is 0.168 e. The Balaban J connectivity index is 2.18. The van der Waals surface area contributed by atoms with E-state index in [1.54, 1.807) is 30.5 Å². The van der Waals surface area contributed by atoms with Gasteiger partial charge in [0.2, 0.25) is 0 Å². The molecule has 5 heteroatoms. The van der Waals surface area contributed by atoms with E-state index in [0.717, 1.165) is 5.56 Å². The molecule has 0 N–H and O–H groups in total. The third kappa shape index (κ3) is 3.46. The van der Waals surface area contributed by atoms with Gasteiger partial charge in [0, 0.05) is 18.2 Å². The van der Waals surface area contributed by atoms with Gasteiger partial charge < -0.3 is 4.74 Å². The van der Waals surface area contributed by atoms with Crippen LogP contribution in [0.2, 0.25) is 10.0 Å². The Labute approximate surface area is 121 Å². The Bertz CT molecular complexity index is 614. The molecule has 3 nitrogen and oxygen atoms in total. The molecule has 2 aromatic rings. The van der Waals surface area contributed by atoms with Gasteiger partial charge in [0.1, 0.15) is 5.75 Å². The van der Waals surface area contributed by atoms with Crippen molar-refractivity contribution in [2.24, 2.45) is 0 Å². The Morgan fingerprint density at radius 3 is 2.68 bits per heavy atom. The number of aromatic nitrogens is 1. The summed E-state index contributed by atoms with van der Waals surface area (Å²) >= 11 is 11.7. The number of carbonyl (C=O) groups excluding carboxylic acids is 1. The highest BCUT2D eigenvalue weighted by Gasteiger charge is 2.10. The predicted octanol–water partition coefficient (Wildman–Crippen LogP) is 3.82. The fraction of sp³-hybridized carbons (Fsp3) is 0.143. The first kappa shape index (κ1) is 13.8. The molecule has 0 unspecified atom stereocenters. The standard InChI is InChI=1S/C14H11Cl2NO2/c1-19-11-6-10(7-17-8-11)14(18)5-9-2-3-12(15)13(16)4-9/h2-4,6-8H,5H2,1H3. The zero-order valence-corrected chi connectivity index (χ0v) is 11.7. The maximum absolute atomic E-state index is 12.1. The fourth-order valence-electron chi connectivity index (χ4n) is 1.62. The molecule has 0 radical (unpaired) electrons. The summed E-state index contributed by atoms with van der Waals surface area (Å²) < 4.78 is 5.04. The Kier molecular flexibility index (Phi) is 4.40. The molecule has 0 atom stereocenters. The Morgan fingerprint density at radius 1 is 1.21 bits per heavy atom. The second-order valence-corrected chi connectivity index (χ2v) is 4.78. The number of hydrogen-bond donors (Lipinski definition) is 0. The highest BCUT2D eigenvalue weighted by atomic mass is 35.5. The molecule has 0 spiro atoms. The molecule has 0 fully saturated rings. The zero-order valence-electron chi connectivity index (χ0n) is 10.2. The second kappa shape index (κ2) is 6.04. The van der Waals surface area contributed by atoms with E-state index in [1.807, 2.05) is 0 Å². The normalized spacial score (nSPS) is 10.3. The molecule has 98 valence electrons. The summed E-state index contributed by atoms with van der Waals surface area (Å²) in [6.07, 6.45) is 3.31. The molecule has 2 rings (SSSR count). The Hall–Kier alpha value is -1.58. The first-order valence-corrected chi connectivity index (χ1v) is 6.32. The molecule has 0 aliphatic heterocycles. The molecule has 0 saturated carbocycles. The molecule has 0 saturated heterocycles. The number of benzene rings is 1. The number of halogens is 2. The number of ketones is 1. The number of Topliss-reactive ketones (excluding diaryl/α,β-unsaturated/α-hetero) is 1. The molecule has 19 heavy (non-hydrogen) atoms. The summed E-state index contributed by atoms with van der Waals surface area (Å²) in [7, 11) is 1.53. The van der Waals surface area contributed by atoms with Crippen LogP contribution in [0.15, 0.2) is 36.7 Å². The molecular formula is C14H11Cl2NO2. The lowest BCUT2D eigenvalue weighted by Gasteiger charge is -2.04. The van der Waals surface area contributed by atoms with E-state index < -0.39 is 0 Å². The van der Waals surface area contributed by atoms with Crippen molar-refractivity contribution < 1.29 is 9.53 Å². The van der Waals surface area contributed by atoms with Crippen LogP contribution in [0.4, 0.5) is 0 Å². The van der Waals surface area contributed by atoms with Crippen molar-refractivity contribution >= 4 is 29.0 Å². The zero-order chi connectivity index (χ0) is 13.8. The fourth-order valence-corrected chi connectivity index (χ4v) is 1.94. The maximum Gasteiger partial charge on any atom is 0.168 e. The van der Waals surface area contributed by atoms with E-state index in [0.29, 0.717) is 21.4 Å². The average molecular weight is 296 g/mol. The van der Waals surface area contributed by atoms with Crippen molar-refractivity contribution in [3.8, 4) is 5.75 Å². The number of pyridine rings is 1. The summed E-state index contributed by atoms with van der Waals surface area (Å²) in [5, 5.41) is 0.914. The van der Waals surface area contributed by atoms with Crippen LogP contribution in [-0.4, -0.2) is 17.9 Å². The Morgan fingerprint density at radius 2 is 2.00 bits per heavy atom. The number of hydrogen-bond acceptors (Lipinski definition) is 3. The predicted molar refractivity (Wildman–Crippen MR) is 75.3 cm³/mol. The summed E-state index contributed by atoms with van der Waals surface area (Å²) in [4.78, 5) is 16.1. The molecule has 1 aromatic carbocycles. The monoisotopic (exact) mass is 295 g/mol. The lowest BCUT2D eigenvalue weighted by molar-refractivity contribution is 0.0992. The quantitative estimate of drug-likeness (QED) is 0.805. The van der Waals surface area contributed by atoms with Gasteiger partial charge in [0.25, 0.3) is 0 Å². The first-order chi connectivity index (χ1) is 9.10. The number of carbonyl (C=O) groups is 1. The van der Waals surface area contributed by atoms with Gasteiger partial charge in [-0.3, -0.25) is 9.78 Å². The van der Waals surface area contributed by atoms with Gasteiger partial charge in [-0.15, -0.1) is 0 Å². The van der Waals surface area contributed by atoms with Crippen LogP contribution in [-0.2, 0) is 6.42 Å². The summed E-state index contributed by atoms with van der Waals surface area (Å²) in [6, 6.07) is 6.80. The van der Waals surface area contributed by atoms with Crippen LogP contribution in [0, 0.1) is 0 Å². The van der Waals surface area contributed by atoms with Gasteiger partial charge in [0.05, 0.1) is 23.4 Å². The van der Waals surface area contributed by atoms with E-state index in [4.69, 9.17) is 27.9 Å². The van der Waals surface area contributed by atoms with Gasteiger partial charge in [-0.05, 0) is 23.8 Å². The largest absolute Gasteiger partial charge is 0.495 e. The van der Waals surface area contributed by atoms with E-state index in [2.05, 4.69) is 4.98 Å². The second-order valence-electron chi connectivity index (χ2n) is 3.96. The minimum absolute atomic E-state index is 0.0511. The average Bonchev–Trinajstić information content (AvgIpc) is 2.43. The topological polar surface area (TPSA) is 39.2 Å². The van der Waals surface area contributed by atoms with Crippen LogP contribution in [0.25, 0.3) is 0 Å². The molecule has 0 aliphatic rings. The molecule has 1 heterocycles. The third-order valence-electron chi connectivity index (χ3n) is 2.62. The van der Waals surface area contributed by atoms with Gasteiger partial charge in [-0.2, -0.15) is 0 Å². The molecule has 0 amide bonds. The van der Waals surface area contributed by atoms with Crippen LogP contribution >= 0.6 is 23.2 Å². The number of rotatable bonds is 4. The van der Waals surface area contributed by atoms with Gasteiger partial charge in [0.15, 0.2) is 5.78 Å². The lowest BCUT2D eigenvalue weighted by atomic mass is 10.0.